The number of anilines is 2. The van der Waals surface area contributed by atoms with Crippen molar-refractivity contribution in [3.8, 4) is 6.07 Å². The van der Waals surface area contributed by atoms with Crippen LogP contribution in [0.3, 0.4) is 0 Å². The first-order valence-corrected chi connectivity index (χ1v) is 5.38. The molecule has 8 heteroatoms. The van der Waals surface area contributed by atoms with Gasteiger partial charge in [0.15, 0.2) is 0 Å². The van der Waals surface area contributed by atoms with E-state index in [0.29, 0.717) is 16.9 Å². The maximum Gasteiger partial charge on any atom is 0.297 e. The van der Waals surface area contributed by atoms with Gasteiger partial charge < -0.3 is 10.2 Å². The van der Waals surface area contributed by atoms with Crippen LogP contribution in [0.15, 0.2) is 18.2 Å². The summed E-state index contributed by atoms with van der Waals surface area (Å²) >= 11 is 0. The zero-order valence-electron chi connectivity index (χ0n) is 10.4. The lowest BCUT2D eigenvalue weighted by Crippen LogP contribution is -2.17. The number of amides is 1. The Morgan fingerprint density at radius 3 is 2.84 bits per heavy atom. The Kier molecular flexibility index (Phi) is 3.38. The lowest BCUT2D eigenvalue weighted by molar-refractivity contribution is 0.101. The first-order chi connectivity index (χ1) is 9.13. The number of nitriles is 1. The Bertz CT molecular complexity index is 627. The SMILES string of the molecule is CN(C)c1cccc(NC(=O)c2nn[nH]n2)c1C#N. The predicted molar refractivity (Wildman–Crippen MR) is 67.6 cm³/mol. The number of nitrogens with zero attached hydrogens (tertiary/aromatic N) is 5. The number of nitrogens with one attached hydrogen (secondary N) is 2. The second kappa shape index (κ2) is 5.14. The van der Waals surface area contributed by atoms with E-state index in [1.54, 1.807) is 23.1 Å². The van der Waals surface area contributed by atoms with Gasteiger partial charge in [-0.15, -0.1) is 10.2 Å². The van der Waals surface area contributed by atoms with Gasteiger partial charge in [-0.2, -0.15) is 10.5 Å². The molecule has 0 spiro atoms. The van der Waals surface area contributed by atoms with E-state index < -0.39 is 5.91 Å². The van der Waals surface area contributed by atoms with Crippen molar-refractivity contribution in [3.05, 3.63) is 29.6 Å². The first-order valence-electron chi connectivity index (χ1n) is 5.38. The van der Waals surface area contributed by atoms with Gasteiger partial charge in [0.25, 0.3) is 11.7 Å². The Hall–Kier alpha value is -2.95. The largest absolute Gasteiger partial charge is 0.377 e. The molecule has 0 atom stereocenters. The molecule has 0 aliphatic heterocycles. The van der Waals surface area contributed by atoms with E-state index in [-0.39, 0.29) is 5.82 Å². The molecule has 2 rings (SSSR count). The van der Waals surface area contributed by atoms with E-state index in [2.05, 4.69) is 32.0 Å². The number of hydrogen-bond donors (Lipinski definition) is 2. The van der Waals surface area contributed by atoms with Crippen molar-refractivity contribution >= 4 is 17.3 Å². The summed E-state index contributed by atoms with van der Waals surface area (Å²) in [5.74, 6) is -0.611. The highest BCUT2D eigenvalue weighted by Crippen LogP contribution is 2.25. The van der Waals surface area contributed by atoms with Gasteiger partial charge in [0.2, 0.25) is 0 Å². The number of carbonyl (C=O) groups is 1. The Morgan fingerprint density at radius 2 is 2.26 bits per heavy atom. The fourth-order valence-corrected chi connectivity index (χ4v) is 1.57. The van der Waals surface area contributed by atoms with Gasteiger partial charge in [0, 0.05) is 14.1 Å². The number of H-pyrrole nitrogens is 1. The number of aromatic nitrogens is 4. The highest BCUT2D eigenvalue weighted by molar-refractivity contribution is 6.02. The van der Waals surface area contributed by atoms with Crippen molar-refractivity contribution < 1.29 is 4.79 Å². The van der Waals surface area contributed by atoms with Gasteiger partial charge in [0.05, 0.1) is 16.9 Å². The van der Waals surface area contributed by atoms with Crippen LogP contribution in [0.4, 0.5) is 11.4 Å². The van der Waals surface area contributed by atoms with Crippen LogP contribution < -0.4 is 10.2 Å². The van der Waals surface area contributed by atoms with Crippen LogP contribution in [0, 0.1) is 11.3 Å². The predicted octanol–water partition coefficient (Wildman–Crippen LogP) is 0.390. The summed E-state index contributed by atoms with van der Waals surface area (Å²) in [6.45, 7) is 0. The topological polar surface area (TPSA) is 111 Å². The molecule has 2 N–H and O–H groups in total. The number of aromatic amines is 1. The van der Waals surface area contributed by atoms with Gasteiger partial charge in [-0.05, 0) is 17.3 Å². The van der Waals surface area contributed by atoms with Crippen LogP contribution in [-0.2, 0) is 0 Å². The molecule has 0 radical (unpaired) electrons. The molecule has 96 valence electrons. The van der Waals surface area contributed by atoms with Gasteiger partial charge in [-0.1, -0.05) is 6.07 Å². The molecular weight excluding hydrogens is 246 g/mol. The molecule has 0 fully saturated rings. The molecule has 2 aromatic rings. The highest BCUT2D eigenvalue weighted by Gasteiger charge is 2.15. The highest BCUT2D eigenvalue weighted by atomic mass is 16.2. The minimum Gasteiger partial charge on any atom is -0.377 e. The molecule has 1 aromatic heterocycles. The van der Waals surface area contributed by atoms with Crippen molar-refractivity contribution in [2.45, 2.75) is 0 Å². The monoisotopic (exact) mass is 257 g/mol. The number of carbonyl (C=O) groups excluding carboxylic acids is 1. The summed E-state index contributed by atoms with van der Waals surface area (Å²) in [7, 11) is 3.64. The minimum atomic E-state index is -0.527. The summed E-state index contributed by atoms with van der Waals surface area (Å²) in [6, 6.07) is 7.26. The quantitative estimate of drug-likeness (QED) is 0.822. The second-order valence-electron chi connectivity index (χ2n) is 3.90. The summed E-state index contributed by atoms with van der Waals surface area (Å²) < 4.78 is 0. The minimum absolute atomic E-state index is 0.0841. The van der Waals surface area contributed by atoms with E-state index in [0.717, 1.165) is 0 Å². The van der Waals surface area contributed by atoms with Gasteiger partial charge in [0.1, 0.15) is 6.07 Å². The van der Waals surface area contributed by atoms with Crippen molar-refractivity contribution in [2.75, 3.05) is 24.3 Å². The zero-order chi connectivity index (χ0) is 13.8. The van der Waals surface area contributed by atoms with Crippen LogP contribution in [0.25, 0.3) is 0 Å². The van der Waals surface area contributed by atoms with Crippen LogP contribution in [0.1, 0.15) is 16.2 Å². The lowest BCUT2D eigenvalue weighted by atomic mass is 10.1. The van der Waals surface area contributed by atoms with Crippen LogP contribution in [0.5, 0.6) is 0 Å². The fourth-order valence-electron chi connectivity index (χ4n) is 1.57. The number of rotatable bonds is 3. The molecule has 19 heavy (non-hydrogen) atoms. The molecule has 1 amide bonds. The average Bonchev–Trinajstić information content (AvgIpc) is 2.92. The molecule has 0 aliphatic carbocycles. The first kappa shape index (κ1) is 12.5. The molecular formula is C11H11N7O. The lowest BCUT2D eigenvalue weighted by Gasteiger charge is -2.16. The maximum atomic E-state index is 11.8. The Morgan fingerprint density at radius 1 is 1.47 bits per heavy atom. The number of benzene rings is 1. The van der Waals surface area contributed by atoms with E-state index in [4.69, 9.17) is 0 Å². The Labute approximate surface area is 109 Å². The van der Waals surface area contributed by atoms with Gasteiger partial charge >= 0.3 is 0 Å². The third kappa shape index (κ3) is 2.50. The van der Waals surface area contributed by atoms with Crippen LogP contribution in [-0.4, -0.2) is 40.6 Å². The molecule has 0 unspecified atom stereocenters. The summed E-state index contributed by atoms with van der Waals surface area (Å²) in [5, 5.41) is 24.4. The maximum absolute atomic E-state index is 11.8. The molecule has 1 heterocycles. The summed E-state index contributed by atoms with van der Waals surface area (Å²) in [5.41, 5.74) is 1.50. The van der Waals surface area contributed by atoms with Gasteiger partial charge in [-0.25, -0.2) is 0 Å². The van der Waals surface area contributed by atoms with Crippen LogP contribution in [0.2, 0.25) is 0 Å². The smallest absolute Gasteiger partial charge is 0.297 e. The van der Waals surface area contributed by atoms with Crippen LogP contribution >= 0.6 is 0 Å². The number of hydrogen-bond acceptors (Lipinski definition) is 6. The molecule has 0 aliphatic rings. The molecule has 0 saturated heterocycles. The van der Waals surface area contributed by atoms with E-state index in [1.807, 2.05) is 14.1 Å². The van der Waals surface area contributed by atoms with E-state index >= 15 is 0 Å². The molecule has 0 saturated carbocycles. The normalized spacial score (nSPS) is 9.74. The van der Waals surface area contributed by atoms with E-state index in [9.17, 15) is 10.1 Å². The molecule has 1 aromatic carbocycles. The molecule has 0 bridgehead atoms. The van der Waals surface area contributed by atoms with Crippen molar-refractivity contribution in [2.24, 2.45) is 0 Å². The summed E-state index contributed by atoms with van der Waals surface area (Å²) in [4.78, 5) is 13.6. The van der Waals surface area contributed by atoms with Crippen molar-refractivity contribution in [1.29, 1.82) is 5.26 Å². The summed E-state index contributed by atoms with van der Waals surface area (Å²) in [6.07, 6.45) is 0. The van der Waals surface area contributed by atoms with Crippen molar-refractivity contribution in [3.63, 3.8) is 0 Å². The Balaban J connectivity index is 2.33. The van der Waals surface area contributed by atoms with Crippen molar-refractivity contribution in [1.82, 2.24) is 20.6 Å². The number of tetrazole rings is 1. The second-order valence-corrected chi connectivity index (χ2v) is 3.90. The van der Waals surface area contributed by atoms with Gasteiger partial charge in [-0.3, -0.25) is 4.79 Å². The third-order valence-electron chi connectivity index (χ3n) is 2.43. The fraction of sp³-hybridized carbons (Fsp3) is 0.182. The average molecular weight is 257 g/mol. The third-order valence-corrected chi connectivity index (χ3v) is 2.43. The van der Waals surface area contributed by atoms with E-state index in [1.165, 1.54) is 0 Å². The standard InChI is InChI=1S/C11H11N7O/c1-18(2)9-5-3-4-8(7(9)6-12)13-11(19)10-14-16-17-15-10/h3-5H,1-2H3,(H,13,19)(H,14,15,16,17). The zero-order valence-corrected chi connectivity index (χ0v) is 10.4. The molecule has 8 nitrogen and oxygen atoms in total.